The summed E-state index contributed by atoms with van der Waals surface area (Å²) in [6, 6.07) is 4.49. The van der Waals surface area contributed by atoms with Crippen LogP contribution in [0, 0.1) is 4.91 Å². The van der Waals surface area contributed by atoms with Crippen LogP contribution < -0.4 is 11.5 Å². The second-order valence-corrected chi connectivity index (χ2v) is 1.90. The molecule has 0 saturated carbocycles. The van der Waals surface area contributed by atoms with E-state index >= 15 is 0 Å². The molecule has 0 saturated heterocycles. The first-order valence-electron chi connectivity index (χ1n) is 2.72. The summed E-state index contributed by atoms with van der Waals surface area (Å²) in [4.78, 5) is 9.92. The van der Waals surface area contributed by atoms with E-state index in [-0.39, 0.29) is 0 Å². The quantitative estimate of drug-likeness (QED) is 0.451. The molecule has 0 radical (unpaired) electrons. The van der Waals surface area contributed by atoms with Gasteiger partial charge in [0, 0.05) is 0 Å². The van der Waals surface area contributed by atoms with Crippen LogP contribution in [0.2, 0.25) is 0 Å². The van der Waals surface area contributed by atoms with Crippen molar-refractivity contribution in [2.75, 3.05) is 11.5 Å². The van der Waals surface area contributed by atoms with Crippen LogP contribution in [0.5, 0.6) is 0 Å². The van der Waals surface area contributed by atoms with Gasteiger partial charge >= 0.3 is 0 Å². The van der Waals surface area contributed by atoms with Crippen molar-refractivity contribution in [2.45, 2.75) is 0 Å². The highest BCUT2D eigenvalue weighted by Crippen LogP contribution is 2.20. The number of nitroso groups, excluding NO2 is 1. The maximum atomic E-state index is 9.92. The predicted octanol–water partition coefficient (Wildman–Crippen LogP) is 1.25. The Morgan fingerprint density at radius 2 is 1.90 bits per heavy atom. The van der Waals surface area contributed by atoms with E-state index in [1.165, 1.54) is 12.1 Å². The molecule has 0 aliphatic carbocycles. The van der Waals surface area contributed by atoms with Crippen LogP contribution in [0.4, 0.5) is 17.1 Å². The third kappa shape index (κ3) is 1.05. The smallest absolute Gasteiger partial charge is 0.110 e. The number of nitrogen functional groups attached to an aromatic ring is 2. The van der Waals surface area contributed by atoms with Gasteiger partial charge in [-0.2, -0.15) is 0 Å². The molecule has 0 aliphatic rings. The van der Waals surface area contributed by atoms with Crippen molar-refractivity contribution >= 4 is 17.1 Å². The van der Waals surface area contributed by atoms with Crippen LogP contribution >= 0.6 is 0 Å². The lowest BCUT2D eigenvalue weighted by Gasteiger charge is -1.96. The lowest BCUT2D eigenvalue weighted by molar-refractivity contribution is 1.50. The van der Waals surface area contributed by atoms with E-state index in [9.17, 15) is 4.91 Å². The van der Waals surface area contributed by atoms with Gasteiger partial charge in [-0.15, -0.1) is 4.91 Å². The number of hydrogen-bond acceptors (Lipinski definition) is 4. The van der Waals surface area contributed by atoms with Crippen LogP contribution in [0.3, 0.4) is 0 Å². The minimum Gasteiger partial charge on any atom is -0.397 e. The molecule has 1 rings (SSSR count). The molecule has 4 N–H and O–H groups in total. The average Bonchev–Trinajstić information content (AvgIpc) is 1.95. The highest BCUT2D eigenvalue weighted by Gasteiger charge is 1.94. The molecule has 4 heteroatoms. The molecule has 0 aromatic heterocycles. The first-order valence-corrected chi connectivity index (χ1v) is 2.72. The fraction of sp³-hybridized carbons (Fsp3) is 0. The van der Waals surface area contributed by atoms with E-state index in [0.717, 1.165) is 0 Å². The van der Waals surface area contributed by atoms with Crippen LogP contribution in [0.15, 0.2) is 23.4 Å². The standard InChI is InChI=1S/C6H7N3O/c7-5-2-1-4(9-10)3-6(5)8/h1-3H,7-8H2. The van der Waals surface area contributed by atoms with Gasteiger partial charge in [-0.1, -0.05) is 0 Å². The van der Waals surface area contributed by atoms with E-state index < -0.39 is 0 Å². The Bertz CT molecular complexity index is 259. The molecule has 1 aromatic rings. The Balaban J connectivity index is 3.16. The number of nitrogens with zero attached hydrogens (tertiary/aromatic N) is 1. The summed E-state index contributed by atoms with van der Waals surface area (Å²) in [6.07, 6.45) is 0. The summed E-state index contributed by atoms with van der Waals surface area (Å²) in [5.41, 5.74) is 11.9. The molecule has 0 fully saturated rings. The van der Waals surface area contributed by atoms with Crippen molar-refractivity contribution in [3.05, 3.63) is 23.1 Å². The Morgan fingerprint density at radius 1 is 1.20 bits per heavy atom. The minimum absolute atomic E-state index is 0.298. The molecule has 0 unspecified atom stereocenters. The Labute approximate surface area is 57.8 Å². The van der Waals surface area contributed by atoms with Crippen LogP contribution in [-0.4, -0.2) is 0 Å². The summed E-state index contributed by atoms with van der Waals surface area (Å²) in [5, 5.41) is 2.69. The fourth-order valence-corrected chi connectivity index (χ4v) is 0.619. The van der Waals surface area contributed by atoms with Crippen molar-refractivity contribution in [1.29, 1.82) is 0 Å². The zero-order valence-corrected chi connectivity index (χ0v) is 5.24. The third-order valence-corrected chi connectivity index (χ3v) is 1.18. The van der Waals surface area contributed by atoms with Gasteiger partial charge in [-0.05, 0) is 23.4 Å². The maximum Gasteiger partial charge on any atom is 0.110 e. The topological polar surface area (TPSA) is 81.5 Å². The monoisotopic (exact) mass is 137 g/mol. The summed E-state index contributed by atoms with van der Waals surface area (Å²) in [6.45, 7) is 0. The molecular formula is C6H7N3O. The number of rotatable bonds is 1. The molecule has 0 bridgehead atoms. The lowest BCUT2D eigenvalue weighted by atomic mass is 10.2. The van der Waals surface area contributed by atoms with Gasteiger partial charge in [0.2, 0.25) is 0 Å². The molecule has 4 nitrogen and oxygen atoms in total. The van der Waals surface area contributed by atoms with Crippen molar-refractivity contribution in [1.82, 2.24) is 0 Å². The van der Waals surface area contributed by atoms with E-state index in [0.29, 0.717) is 17.1 Å². The first-order chi connectivity index (χ1) is 4.74. The molecule has 0 spiro atoms. The summed E-state index contributed by atoms with van der Waals surface area (Å²) < 4.78 is 0. The maximum absolute atomic E-state index is 9.92. The zero-order valence-electron chi connectivity index (χ0n) is 5.24. The molecule has 0 heterocycles. The zero-order chi connectivity index (χ0) is 7.56. The Hall–Kier alpha value is -1.58. The number of anilines is 2. The fourth-order valence-electron chi connectivity index (χ4n) is 0.619. The summed E-state index contributed by atoms with van der Waals surface area (Å²) in [5.74, 6) is 0. The van der Waals surface area contributed by atoms with Gasteiger partial charge in [0.05, 0.1) is 11.4 Å². The largest absolute Gasteiger partial charge is 0.397 e. The van der Waals surface area contributed by atoms with Gasteiger partial charge in [0.25, 0.3) is 0 Å². The SMILES string of the molecule is Nc1ccc(N=O)cc1N. The number of hydrogen-bond donors (Lipinski definition) is 2. The second kappa shape index (κ2) is 2.34. The van der Waals surface area contributed by atoms with Crippen molar-refractivity contribution < 1.29 is 0 Å². The molecule has 0 atom stereocenters. The van der Waals surface area contributed by atoms with Gasteiger partial charge < -0.3 is 11.5 Å². The Kier molecular flexibility index (Phi) is 1.53. The lowest BCUT2D eigenvalue weighted by Crippen LogP contribution is -1.92. The van der Waals surface area contributed by atoms with Gasteiger partial charge in [-0.3, -0.25) is 0 Å². The van der Waals surface area contributed by atoms with Gasteiger partial charge in [0.1, 0.15) is 5.69 Å². The predicted molar refractivity (Wildman–Crippen MR) is 40.7 cm³/mol. The molecule has 52 valence electrons. The Morgan fingerprint density at radius 3 is 2.40 bits per heavy atom. The van der Waals surface area contributed by atoms with Crippen LogP contribution in [0.25, 0.3) is 0 Å². The first kappa shape index (κ1) is 6.54. The molecule has 0 aliphatic heterocycles. The van der Waals surface area contributed by atoms with E-state index in [1.54, 1.807) is 6.07 Å². The van der Waals surface area contributed by atoms with Gasteiger partial charge in [0.15, 0.2) is 0 Å². The average molecular weight is 137 g/mol. The van der Waals surface area contributed by atoms with Gasteiger partial charge in [-0.25, -0.2) is 0 Å². The summed E-state index contributed by atoms with van der Waals surface area (Å²) in [7, 11) is 0. The molecule has 0 amide bonds. The van der Waals surface area contributed by atoms with E-state index in [4.69, 9.17) is 11.5 Å². The molecule has 1 aromatic carbocycles. The van der Waals surface area contributed by atoms with Crippen LogP contribution in [-0.2, 0) is 0 Å². The van der Waals surface area contributed by atoms with E-state index in [1.807, 2.05) is 0 Å². The molecular weight excluding hydrogens is 130 g/mol. The number of benzene rings is 1. The normalized spacial score (nSPS) is 9.20. The second-order valence-electron chi connectivity index (χ2n) is 1.90. The van der Waals surface area contributed by atoms with E-state index in [2.05, 4.69) is 5.18 Å². The highest BCUT2D eigenvalue weighted by molar-refractivity contribution is 5.67. The van der Waals surface area contributed by atoms with Crippen LogP contribution in [0.1, 0.15) is 0 Å². The minimum atomic E-state index is 0.298. The molecule has 10 heavy (non-hydrogen) atoms. The third-order valence-electron chi connectivity index (χ3n) is 1.18. The van der Waals surface area contributed by atoms with Crippen molar-refractivity contribution in [3.8, 4) is 0 Å². The van der Waals surface area contributed by atoms with Crippen molar-refractivity contribution in [3.63, 3.8) is 0 Å². The highest BCUT2D eigenvalue weighted by atomic mass is 16.3. The number of nitrogens with two attached hydrogens (primary N) is 2. The summed E-state index contributed by atoms with van der Waals surface area (Å²) >= 11 is 0. The van der Waals surface area contributed by atoms with Crippen molar-refractivity contribution in [2.24, 2.45) is 5.18 Å².